The maximum absolute atomic E-state index is 12.5. The van der Waals surface area contributed by atoms with E-state index in [1.54, 1.807) is 4.90 Å². The van der Waals surface area contributed by atoms with E-state index >= 15 is 0 Å². The second-order valence-corrected chi connectivity index (χ2v) is 6.03. The third kappa shape index (κ3) is 4.37. The van der Waals surface area contributed by atoms with Gasteiger partial charge in [-0.1, -0.05) is 37.3 Å². The highest BCUT2D eigenvalue weighted by molar-refractivity contribution is 6.06. The van der Waals surface area contributed by atoms with Gasteiger partial charge in [0.15, 0.2) is 0 Å². The Morgan fingerprint density at radius 1 is 1.15 bits per heavy atom. The first-order valence-electron chi connectivity index (χ1n) is 8.72. The van der Waals surface area contributed by atoms with Crippen molar-refractivity contribution < 1.29 is 14.3 Å². The minimum atomic E-state index is -0.119. The van der Waals surface area contributed by atoms with Crippen LogP contribution in [-0.4, -0.2) is 31.6 Å². The molecule has 1 heterocycles. The van der Waals surface area contributed by atoms with Gasteiger partial charge in [0.1, 0.15) is 6.61 Å². The average Bonchev–Trinajstić information content (AvgIpc) is 2.68. The molecule has 0 aliphatic carbocycles. The van der Waals surface area contributed by atoms with E-state index < -0.39 is 0 Å². The van der Waals surface area contributed by atoms with E-state index in [0.717, 1.165) is 11.3 Å². The van der Waals surface area contributed by atoms with Crippen LogP contribution < -0.4 is 10.2 Å². The molecule has 0 radical (unpaired) electrons. The topological polar surface area (TPSA) is 58.6 Å². The van der Waals surface area contributed by atoms with Crippen LogP contribution in [0.4, 0.5) is 11.4 Å². The van der Waals surface area contributed by atoms with Crippen LogP contribution in [0.5, 0.6) is 0 Å². The number of hydrogen-bond acceptors (Lipinski definition) is 3. The second-order valence-electron chi connectivity index (χ2n) is 6.03. The monoisotopic (exact) mass is 350 g/mol. The lowest BCUT2D eigenvalue weighted by atomic mass is 10.1. The highest BCUT2D eigenvalue weighted by Gasteiger charge is 2.20. The molecule has 0 spiro atoms. The van der Waals surface area contributed by atoms with Crippen molar-refractivity contribution in [3.05, 3.63) is 65.7 Å². The molecule has 0 saturated carbocycles. The minimum Gasteiger partial charge on any atom is -0.370 e. The largest absolute Gasteiger partial charge is 0.370 e. The summed E-state index contributed by atoms with van der Waals surface area (Å²) in [4.78, 5) is 26.1. The minimum absolute atomic E-state index is 0.0490. The molecule has 1 aliphatic rings. The second kappa shape index (κ2) is 8.45. The Hall–Kier alpha value is -2.92. The van der Waals surface area contributed by atoms with E-state index in [2.05, 4.69) is 5.32 Å². The number of ether oxygens (including phenoxy) is 1. The average molecular weight is 350 g/mol. The Balaban J connectivity index is 1.69. The third-order valence-electron chi connectivity index (χ3n) is 4.24. The molecule has 0 bridgehead atoms. The first kappa shape index (κ1) is 17.9. The molecule has 134 valence electrons. The van der Waals surface area contributed by atoms with Gasteiger partial charge in [-0.05, 0) is 42.3 Å². The van der Waals surface area contributed by atoms with Crippen molar-refractivity contribution in [2.45, 2.75) is 13.3 Å². The van der Waals surface area contributed by atoms with Crippen LogP contribution in [0.25, 0.3) is 6.08 Å². The van der Waals surface area contributed by atoms with E-state index in [4.69, 9.17) is 4.74 Å². The molecular formula is C21H22N2O3. The molecule has 5 nitrogen and oxygen atoms in total. The molecule has 0 aromatic heterocycles. The van der Waals surface area contributed by atoms with Gasteiger partial charge in [0.05, 0.1) is 6.61 Å². The zero-order chi connectivity index (χ0) is 18.4. The molecule has 0 atom stereocenters. The van der Waals surface area contributed by atoms with Crippen LogP contribution in [0.15, 0.2) is 60.2 Å². The Morgan fingerprint density at radius 3 is 2.54 bits per heavy atom. The number of morpholine rings is 1. The van der Waals surface area contributed by atoms with Gasteiger partial charge in [-0.3, -0.25) is 9.59 Å². The van der Waals surface area contributed by atoms with Crippen molar-refractivity contribution in [1.82, 2.24) is 0 Å². The molecule has 0 unspecified atom stereocenters. The van der Waals surface area contributed by atoms with Crippen molar-refractivity contribution in [1.29, 1.82) is 0 Å². The van der Waals surface area contributed by atoms with E-state index in [1.165, 1.54) is 0 Å². The standard InChI is InChI=1S/C21H22N2O3/c1-2-17(14-16-6-4-3-5-7-16)21(25)22-18-8-10-19(11-9-18)23-12-13-26-15-20(23)24/h3-11,14H,2,12-13,15H2,1H3,(H,22,25)/b17-14+. The number of nitrogens with one attached hydrogen (secondary N) is 1. The number of carbonyl (C=O) groups is 2. The number of anilines is 2. The van der Waals surface area contributed by atoms with E-state index in [1.807, 2.05) is 67.6 Å². The van der Waals surface area contributed by atoms with E-state index in [9.17, 15) is 9.59 Å². The zero-order valence-electron chi connectivity index (χ0n) is 14.8. The quantitative estimate of drug-likeness (QED) is 0.840. The van der Waals surface area contributed by atoms with Gasteiger partial charge in [0.25, 0.3) is 11.8 Å². The van der Waals surface area contributed by atoms with Gasteiger partial charge in [-0.25, -0.2) is 0 Å². The van der Waals surface area contributed by atoms with E-state index in [0.29, 0.717) is 30.8 Å². The molecular weight excluding hydrogens is 328 g/mol. The van der Waals surface area contributed by atoms with Crippen LogP contribution in [0.3, 0.4) is 0 Å². The number of benzene rings is 2. The summed E-state index contributed by atoms with van der Waals surface area (Å²) in [6.45, 7) is 3.16. The van der Waals surface area contributed by atoms with Crippen LogP contribution in [0.2, 0.25) is 0 Å². The highest BCUT2D eigenvalue weighted by Crippen LogP contribution is 2.20. The number of nitrogens with zero attached hydrogens (tertiary/aromatic N) is 1. The maximum atomic E-state index is 12.5. The predicted molar refractivity (Wildman–Crippen MR) is 103 cm³/mol. The van der Waals surface area contributed by atoms with Gasteiger partial charge in [-0.2, -0.15) is 0 Å². The fourth-order valence-corrected chi connectivity index (χ4v) is 2.81. The molecule has 2 aromatic rings. The van der Waals surface area contributed by atoms with Gasteiger partial charge >= 0.3 is 0 Å². The Kier molecular flexibility index (Phi) is 5.81. The molecule has 5 heteroatoms. The molecule has 1 N–H and O–H groups in total. The number of hydrogen-bond donors (Lipinski definition) is 1. The first-order valence-corrected chi connectivity index (χ1v) is 8.72. The summed E-state index contributed by atoms with van der Waals surface area (Å²) in [5, 5.41) is 2.92. The van der Waals surface area contributed by atoms with Gasteiger partial charge in [-0.15, -0.1) is 0 Å². The van der Waals surface area contributed by atoms with Crippen molar-refractivity contribution >= 4 is 29.3 Å². The molecule has 26 heavy (non-hydrogen) atoms. The zero-order valence-corrected chi connectivity index (χ0v) is 14.8. The summed E-state index contributed by atoms with van der Waals surface area (Å²) in [5.74, 6) is -0.168. The van der Waals surface area contributed by atoms with Crippen molar-refractivity contribution in [3.8, 4) is 0 Å². The van der Waals surface area contributed by atoms with E-state index in [-0.39, 0.29) is 18.4 Å². The highest BCUT2D eigenvalue weighted by atomic mass is 16.5. The summed E-state index contributed by atoms with van der Waals surface area (Å²) in [6.07, 6.45) is 2.54. The van der Waals surface area contributed by atoms with Gasteiger partial charge in [0, 0.05) is 23.5 Å². The first-order chi connectivity index (χ1) is 12.7. The molecule has 2 aromatic carbocycles. The van der Waals surface area contributed by atoms with Crippen molar-refractivity contribution in [2.75, 3.05) is 30.0 Å². The fraction of sp³-hybridized carbons (Fsp3) is 0.238. The van der Waals surface area contributed by atoms with Crippen molar-refractivity contribution in [2.24, 2.45) is 0 Å². The lowest BCUT2D eigenvalue weighted by Gasteiger charge is -2.26. The van der Waals surface area contributed by atoms with Gasteiger partial charge in [0.2, 0.25) is 0 Å². The van der Waals surface area contributed by atoms with Crippen LogP contribution in [-0.2, 0) is 14.3 Å². The smallest absolute Gasteiger partial charge is 0.253 e. The lowest BCUT2D eigenvalue weighted by molar-refractivity contribution is -0.125. The SMILES string of the molecule is CC/C(=C\c1ccccc1)C(=O)Nc1ccc(N2CCOCC2=O)cc1. The van der Waals surface area contributed by atoms with Crippen molar-refractivity contribution in [3.63, 3.8) is 0 Å². The van der Waals surface area contributed by atoms with Crippen LogP contribution in [0, 0.1) is 0 Å². The molecule has 1 saturated heterocycles. The molecule has 1 aliphatic heterocycles. The summed E-state index contributed by atoms with van der Waals surface area (Å²) in [6, 6.07) is 17.1. The Labute approximate surface area is 153 Å². The molecule has 2 amide bonds. The molecule has 1 fully saturated rings. The third-order valence-corrected chi connectivity index (χ3v) is 4.24. The summed E-state index contributed by atoms with van der Waals surface area (Å²) >= 11 is 0. The van der Waals surface area contributed by atoms with Gasteiger partial charge < -0.3 is 15.0 Å². The Bertz CT molecular complexity index is 798. The lowest BCUT2D eigenvalue weighted by Crippen LogP contribution is -2.41. The van der Waals surface area contributed by atoms with Crippen LogP contribution in [0.1, 0.15) is 18.9 Å². The van der Waals surface area contributed by atoms with Crippen LogP contribution >= 0.6 is 0 Å². The summed E-state index contributed by atoms with van der Waals surface area (Å²) < 4.78 is 5.14. The fourth-order valence-electron chi connectivity index (χ4n) is 2.81. The summed E-state index contributed by atoms with van der Waals surface area (Å²) in [5.41, 5.74) is 3.23. The number of rotatable bonds is 5. The predicted octanol–water partition coefficient (Wildman–Crippen LogP) is 3.48. The number of carbonyl (C=O) groups excluding carboxylic acids is 2. The molecule has 3 rings (SSSR count). The normalized spacial score (nSPS) is 15.0. The maximum Gasteiger partial charge on any atom is 0.253 e. The number of amides is 2. The Morgan fingerprint density at radius 2 is 1.88 bits per heavy atom. The summed E-state index contributed by atoms with van der Waals surface area (Å²) in [7, 11) is 0.